The number of methoxy groups -OCH3 is 1. The van der Waals surface area contributed by atoms with Crippen LogP contribution in [0.3, 0.4) is 0 Å². The van der Waals surface area contributed by atoms with E-state index in [4.69, 9.17) is 4.74 Å². The van der Waals surface area contributed by atoms with Crippen molar-refractivity contribution >= 4 is 26.8 Å². The van der Waals surface area contributed by atoms with Gasteiger partial charge in [-0.25, -0.2) is 4.39 Å². The van der Waals surface area contributed by atoms with Crippen LogP contribution >= 0.6 is 15.9 Å². The normalized spacial score (nSPS) is 12.7. The highest BCUT2D eigenvalue weighted by Crippen LogP contribution is 2.29. The summed E-state index contributed by atoms with van der Waals surface area (Å²) in [4.78, 5) is 3.98. The lowest BCUT2D eigenvalue weighted by atomic mass is 10.0. The smallest absolute Gasteiger partial charge is 0.147 e. The molecular formula is C12H11BrFNO2. The first-order valence-corrected chi connectivity index (χ1v) is 6.15. The molecule has 0 aliphatic heterocycles. The molecule has 0 saturated carbocycles. The van der Waals surface area contributed by atoms with E-state index in [1.54, 1.807) is 18.2 Å². The highest BCUT2D eigenvalue weighted by Gasteiger charge is 2.16. The Bertz CT molecular complexity index is 547. The van der Waals surface area contributed by atoms with Crippen molar-refractivity contribution in [3.8, 4) is 5.75 Å². The van der Waals surface area contributed by atoms with Crippen molar-refractivity contribution in [1.82, 2.24) is 4.98 Å². The Kier molecular flexibility index (Phi) is 3.59. The highest BCUT2D eigenvalue weighted by molar-refractivity contribution is 9.09. The van der Waals surface area contributed by atoms with Crippen LogP contribution < -0.4 is 4.74 Å². The Hall–Kier alpha value is -1.20. The van der Waals surface area contributed by atoms with Gasteiger partial charge < -0.3 is 9.84 Å². The summed E-state index contributed by atoms with van der Waals surface area (Å²) in [7, 11) is 1.54. The van der Waals surface area contributed by atoms with Gasteiger partial charge in [-0.2, -0.15) is 0 Å². The maximum Gasteiger partial charge on any atom is 0.147 e. The molecule has 1 aromatic carbocycles. The number of aliphatic hydroxyl groups excluding tert-OH is 1. The van der Waals surface area contributed by atoms with Crippen LogP contribution in [0.5, 0.6) is 5.75 Å². The summed E-state index contributed by atoms with van der Waals surface area (Å²) in [5, 5.41) is 10.6. The molecule has 0 fully saturated rings. The number of halogens is 2. The number of aliphatic hydroxyl groups is 1. The maximum absolute atomic E-state index is 13.7. The Labute approximate surface area is 106 Å². The lowest BCUT2D eigenvalue weighted by molar-refractivity contribution is 0.202. The molecule has 0 spiro atoms. The van der Waals surface area contributed by atoms with Crippen molar-refractivity contribution in [3.05, 3.63) is 35.8 Å². The second kappa shape index (κ2) is 4.98. The molecule has 2 aromatic rings. The minimum Gasteiger partial charge on any atom is -0.497 e. The summed E-state index contributed by atoms with van der Waals surface area (Å²) >= 11 is 3.14. The summed E-state index contributed by atoms with van der Waals surface area (Å²) in [5.74, 6) is 0.0885. The number of hydrogen-bond donors (Lipinski definition) is 1. The third-order valence-corrected chi connectivity index (χ3v) is 3.16. The zero-order chi connectivity index (χ0) is 12.4. The van der Waals surface area contributed by atoms with Crippen molar-refractivity contribution in [2.45, 2.75) is 6.10 Å². The van der Waals surface area contributed by atoms with Gasteiger partial charge in [0.2, 0.25) is 0 Å². The van der Waals surface area contributed by atoms with Gasteiger partial charge in [0, 0.05) is 16.3 Å². The van der Waals surface area contributed by atoms with Crippen molar-refractivity contribution in [2.75, 3.05) is 12.4 Å². The molecule has 0 saturated heterocycles. The van der Waals surface area contributed by atoms with Crippen molar-refractivity contribution < 1.29 is 14.2 Å². The zero-order valence-electron chi connectivity index (χ0n) is 9.15. The average Bonchev–Trinajstić information content (AvgIpc) is 2.37. The van der Waals surface area contributed by atoms with E-state index in [-0.39, 0.29) is 10.9 Å². The van der Waals surface area contributed by atoms with Gasteiger partial charge in [-0.3, -0.25) is 4.98 Å². The number of fused-ring (bicyclic) bond motifs is 1. The molecule has 2 rings (SSSR count). The molecule has 1 N–H and O–H groups in total. The van der Waals surface area contributed by atoms with Crippen LogP contribution in [0, 0.1) is 5.82 Å². The van der Waals surface area contributed by atoms with E-state index in [2.05, 4.69) is 20.9 Å². The first-order valence-electron chi connectivity index (χ1n) is 5.03. The van der Waals surface area contributed by atoms with Crippen LogP contribution in [-0.4, -0.2) is 22.5 Å². The topological polar surface area (TPSA) is 42.4 Å². The Morgan fingerprint density at radius 2 is 2.29 bits per heavy atom. The van der Waals surface area contributed by atoms with Crippen LogP contribution in [0.2, 0.25) is 0 Å². The van der Waals surface area contributed by atoms with Crippen LogP contribution in [0.25, 0.3) is 10.9 Å². The van der Waals surface area contributed by atoms with E-state index in [1.165, 1.54) is 7.11 Å². The Morgan fingerprint density at radius 1 is 1.53 bits per heavy atom. The molecule has 1 atom stereocenters. The van der Waals surface area contributed by atoms with Crippen molar-refractivity contribution in [2.24, 2.45) is 0 Å². The molecule has 5 heteroatoms. The first-order chi connectivity index (χ1) is 8.17. The van der Waals surface area contributed by atoms with E-state index >= 15 is 0 Å². The third-order valence-electron chi connectivity index (χ3n) is 2.55. The summed E-state index contributed by atoms with van der Waals surface area (Å²) in [5.41, 5.74) is 0.868. The lowest BCUT2D eigenvalue weighted by Crippen LogP contribution is -2.04. The monoisotopic (exact) mass is 299 g/mol. The predicted molar refractivity (Wildman–Crippen MR) is 67.0 cm³/mol. The summed E-state index contributed by atoms with van der Waals surface area (Å²) < 4.78 is 18.8. The fraction of sp³-hybridized carbons (Fsp3) is 0.250. The lowest BCUT2D eigenvalue weighted by Gasteiger charge is -2.12. The van der Waals surface area contributed by atoms with Crippen LogP contribution in [0.4, 0.5) is 4.39 Å². The standard InChI is InChI=1S/C12H11BrFNO2/c1-17-7-2-3-10-8(4-7)12(11(16)5-13)9(14)6-15-10/h2-4,6,11,16H,5H2,1H3. The maximum atomic E-state index is 13.7. The number of alkyl halides is 1. The second-order valence-electron chi connectivity index (χ2n) is 3.57. The van der Waals surface area contributed by atoms with Gasteiger partial charge in [0.15, 0.2) is 0 Å². The van der Waals surface area contributed by atoms with Gasteiger partial charge in [0.1, 0.15) is 11.6 Å². The van der Waals surface area contributed by atoms with Crippen molar-refractivity contribution in [1.29, 1.82) is 0 Å². The number of rotatable bonds is 3. The van der Waals surface area contributed by atoms with Gasteiger partial charge in [0.05, 0.1) is 24.9 Å². The summed E-state index contributed by atoms with van der Waals surface area (Å²) in [6.45, 7) is 0. The van der Waals surface area contributed by atoms with Crippen molar-refractivity contribution in [3.63, 3.8) is 0 Å². The van der Waals surface area contributed by atoms with Gasteiger partial charge in [-0.1, -0.05) is 15.9 Å². The molecule has 17 heavy (non-hydrogen) atoms. The molecule has 0 amide bonds. The predicted octanol–water partition coefficient (Wildman–Crippen LogP) is 2.81. The number of benzene rings is 1. The molecule has 1 unspecified atom stereocenters. The van der Waals surface area contributed by atoms with Gasteiger partial charge in [-0.05, 0) is 18.2 Å². The zero-order valence-corrected chi connectivity index (χ0v) is 10.7. The Balaban J connectivity index is 2.73. The molecule has 0 aliphatic carbocycles. The van der Waals surface area contributed by atoms with Gasteiger partial charge in [0.25, 0.3) is 0 Å². The van der Waals surface area contributed by atoms with Gasteiger partial charge in [-0.15, -0.1) is 0 Å². The second-order valence-corrected chi connectivity index (χ2v) is 4.22. The van der Waals surface area contributed by atoms with Gasteiger partial charge >= 0.3 is 0 Å². The number of aromatic nitrogens is 1. The highest BCUT2D eigenvalue weighted by atomic mass is 79.9. The van der Waals surface area contributed by atoms with E-state index in [1.807, 2.05) is 0 Å². The third kappa shape index (κ3) is 2.25. The summed E-state index contributed by atoms with van der Waals surface area (Å²) in [6.07, 6.45) is 0.211. The van der Waals surface area contributed by atoms with Crippen LogP contribution in [0.15, 0.2) is 24.4 Å². The minimum absolute atomic E-state index is 0.241. The Morgan fingerprint density at radius 3 is 2.94 bits per heavy atom. The molecular weight excluding hydrogens is 289 g/mol. The van der Waals surface area contributed by atoms with E-state index < -0.39 is 11.9 Å². The molecule has 90 valence electrons. The first kappa shape index (κ1) is 12.3. The SMILES string of the molecule is COc1ccc2ncc(F)c(C(O)CBr)c2c1. The minimum atomic E-state index is -0.910. The molecule has 1 heterocycles. The average molecular weight is 300 g/mol. The number of pyridine rings is 1. The fourth-order valence-corrected chi connectivity index (χ4v) is 2.03. The fourth-order valence-electron chi connectivity index (χ4n) is 1.71. The molecule has 0 radical (unpaired) electrons. The van der Waals surface area contributed by atoms with Crippen LogP contribution in [0.1, 0.15) is 11.7 Å². The number of nitrogens with zero attached hydrogens (tertiary/aromatic N) is 1. The van der Waals surface area contributed by atoms with E-state index in [9.17, 15) is 9.50 Å². The molecule has 1 aromatic heterocycles. The van der Waals surface area contributed by atoms with E-state index in [0.29, 0.717) is 16.7 Å². The number of hydrogen-bond acceptors (Lipinski definition) is 3. The molecule has 0 bridgehead atoms. The van der Waals surface area contributed by atoms with E-state index in [0.717, 1.165) is 6.20 Å². The quantitative estimate of drug-likeness (QED) is 0.886. The molecule has 3 nitrogen and oxygen atoms in total. The van der Waals surface area contributed by atoms with Crippen LogP contribution in [-0.2, 0) is 0 Å². The summed E-state index contributed by atoms with van der Waals surface area (Å²) in [6, 6.07) is 5.15. The molecule has 0 aliphatic rings. The largest absolute Gasteiger partial charge is 0.497 e. The number of ether oxygens (including phenoxy) is 1.